The zero-order chi connectivity index (χ0) is 15.1. The first-order valence-electron chi connectivity index (χ1n) is 7.62. The summed E-state index contributed by atoms with van der Waals surface area (Å²) in [7, 11) is 0. The van der Waals surface area contributed by atoms with E-state index in [1.807, 2.05) is 24.3 Å². The second-order valence-corrected chi connectivity index (χ2v) is 5.92. The summed E-state index contributed by atoms with van der Waals surface area (Å²) in [4.78, 5) is 0. The first-order valence-corrected chi connectivity index (χ1v) is 7.62. The van der Waals surface area contributed by atoms with Gasteiger partial charge in [0.15, 0.2) is 0 Å². The van der Waals surface area contributed by atoms with Gasteiger partial charge in [-0.1, -0.05) is 42.5 Å². The number of rotatable bonds is 2. The van der Waals surface area contributed by atoms with E-state index in [4.69, 9.17) is 4.74 Å². The fraction of sp³-hybridized carbons (Fsp3) is 0.263. The molecule has 4 rings (SSSR count). The third-order valence-corrected chi connectivity index (χ3v) is 4.53. The van der Waals surface area contributed by atoms with Crippen LogP contribution in [-0.2, 0) is 4.74 Å². The number of fused-ring (bicyclic) bond motifs is 2. The minimum atomic E-state index is -0.606. The number of ether oxygens (including phenoxy) is 1. The zero-order valence-corrected chi connectivity index (χ0v) is 12.1. The van der Waals surface area contributed by atoms with Crippen molar-refractivity contribution in [3.63, 3.8) is 0 Å². The Morgan fingerprint density at radius 1 is 0.955 bits per heavy atom. The van der Waals surface area contributed by atoms with Crippen LogP contribution in [0.3, 0.4) is 0 Å². The second-order valence-electron chi connectivity index (χ2n) is 5.92. The Balaban J connectivity index is 1.86. The summed E-state index contributed by atoms with van der Waals surface area (Å²) < 4.78 is 5.83. The third-order valence-electron chi connectivity index (χ3n) is 4.53. The van der Waals surface area contributed by atoms with Gasteiger partial charge in [-0.3, -0.25) is 0 Å². The van der Waals surface area contributed by atoms with Crippen LogP contribution in [0.4, 0.5) is 0 Å². The summed E-state index contributed by atoms with van der Waals surface area (Å²) in [6.07, 6.45) is -0.736. The van der Waals surface area contributed by atoms with E-state index in [0.29, 0.717) is 6.42 Å². The number of aliphatic hydroxyl groups excluding tert-OH is 2. The van der Waals surface area contributed by atoms with Crippen LogP contribution in [0, 0.1) is 0 Å². The molecule has 2 N–H and O–H groups in total. The molecule has 3 aromatic carbocycles. The van der Waals surface area contributed by atoms with Gasteiger partial charge in [0.05, 0.1) is 18.8 Å². The van der Waals surface area contributed by atoms with Crippen LogP contribution >= 0.6 is 0 Å². The standard InChI is InChI=1S/C19H18O3/c20-11-19-17(21)10-18(22-19)15-7-3-6-14-8-12-4-1-2-5-13(12)9-16(14)15/h1-9,17-21H,10-11H2/t17?,18-,19-/m1/s1. The van der Waals surface area contributed by atoms with Crippen LogP contribution < -0.4 is 0 Å². The van der Waals surface area contributed by atoms with E-state index < -0.39 is 12.2 Å². The lowest BCUT2D eigenvalue weighted by Crippen LogP contribution is -2.24. The maximum absolute atomic E-state index is 9.98. The lowest BCUT2D eigenvalue weighted by atomic mass is 9.95. The van der Waals surface area contributed by atoms with Gasteiger partial charge in [0.1, 0.15) is 6.10 Å². The summed E-state index contributed by atoms with van der Waals surface area (Å²) in [6, 6.07) is 18.8. The molecule has 0 aliphatic carbocycles. The zero-order valence-electron chi connectivity index (χ0n) is 12.1. The fourth-order valence-corrected chi connectivity index (χ4v) is 3.37. The van der Waals surface area contributed by atoms with Gasteiger partial charge in [0, 0.05) is 6.42 Å². The number of hydrogen-bond acceptors (Lipinski definition) is 3. The van der Waals surface area contributed by atoms with Crippen LogP contribution in [-0.4, -0.2) is 29.0 Å². The molecule has 1 fully saturated rings. The molecular weight excluding hydrogens is 276 g/mol. The maximum atomic E-state index is 9.98. The molecule has 0 amide bonds. The molecule has 22 heavy (non-hydrogen) atoms. The van der Waals surface area contributed by atoms with Crippen LogP contribution in [0.15, 0.2) is 54.6 Å². The monoisotopic (exact) mass is 294 g/mol. The van der Waals surface area contributed by atoms with E-state index in [1.54, 1.807) is 0 Å². The smallest absolute Gasteiger partial charge is 0.107 e. The molecule has 0 aromatic heterocycles. The van der Waals surface area contributed by atoms with E-state index in [9.17, 15) is 10.2 Å². The summed E-state index contributed by atoms with van der Waals surface area (Å²) >= 11 is 0. The Morgan fingerprint density at radius 3 is 2.41 bits per heavy atom. The van der Waals surface area contributed by atoms with Crippen molar-refractivity contribution in [2.75, 3.05) is 6.61 Å². The molecule has 1 heterocycles. The molecule has 3 heteroatoms. The van der Waals surface area contributed by atoms with Crippen molar-refractivity contribution in [1.82, 2.24) is 0 Å². The fourth-order valence-electron chi connectivity index (χ4n) is 3.37. The van der Waals surface area contributed by atoms with Gasteiger partial charge in [-0.25, -0.2) is 0 Å². The van der Waals surface area contributed by atoms with Crippen molar-refractivity contribution in [3.8, 4) is 0 Å². The highest BCUT2D eigenvalue weighted by Gasteiger charge is 2.34. The Labute approximate surface area is 128 Å². The molecule has 3 aromatic rings. The maximum Gasteiger partial charge on any atom is 0.107 e. The van der Waals surface area contributed by atoms with Gasteiger partial charge in [-0.2, -0.15) is 0 Å². The average Bonchev–Trinajstić information content (AvgIpc) is 2.93. The summed E-state index contributed by atoms with van der Waals surface area (Å²) in [6.45, 7) is -0.147. The molecule has 0 spiro atoms. The van der Waals surface area contributed by atoms with Crippen molar-refractivity contribution in [3.05, 3.63) is 60.2 Å². The molecule has 3 atom stereocenters. The number of aliphatic hydroxyl groups is 2. The second kappa shape index (κ2) is 5.36. The highest BCUT2D eigenvalue weighted by molar-refractivity contribution is 5.99. The van der Waals surface area contributed by atoms with Gasteiger partial charge < -0.3 is 14.9 Å². The van der Waals surface area contributed by atoms with Crippen LogP contribution in [0.25, 0.3) is 21.5 Å². The molecule has 1 aliphatic heterocycles. The van der Waals surface area contributed by atoms with Crippen molar-refractivity contribution in [1.29, 1.82) is 0 Å². The Bertz CT molecular complexity index is 827. The number of hydrogen-bond donors (Lipinski definition) is 2. The van der Waals surface area contributed by atoms with E-state index in [2.05, 4.69) is 30.3 Å². The third kappa shape index (κ3) is 2.18. The Kier molecular flexibility index (Phi) is 3.34. The molecule has 0 saturated carbocycles. The number of benzene rings is 3. The predicted molar refractivity (Wildman–Crippen MR) is 86.8 cm³/mol. The lowest BCUT2D eigenvalue weighted by Gasteiger charge is -2.15. The lowest BCUT2D eigenvalue weighted by molar-refractivity contribution is -0.0222. The van der Waals surface area contributed by atoms with E-state index in [-0.39, 0.29) is 12.7 Å². The van der Waals surface area contributed by atoms with E-state index in [1.165, 1.54) is 16.2 Å². The first-order chi connectivity index (χ1) is 10.8. The van der Waals surface area contributed by atoms with Gasteiger partial charge in [0.25, 0.3) is 0 Å². The Hall–Kier alpha value is -1.94. The van der Waals surface area contributed by atoms with Crippen molar-refractivity contribution in [2.24, 2.45) is 0 Å². The van der Waals surface area contributed by atoms with E-state index in [0.717, 1.165) is 10.9 Å². The predicted octanol–water partition coefficient (Wildman–Crippen LogP) is 3.18. The first kappa shape index (κ1) is 13.7. The quantitative estimate of drug-likeness (QED) is 0.714. The molecule has 3 nitrogen and oxygen atoms in total. The SMILES string of the molecule is OC[C@H]1O[C@@H](c2cccc3cc4ccccc4cc23)CC1O. The van der Waals surface area contributed by atoms with Crippen LogP contribution in [0.5, 0.6) is 0 Å². The topological polar surface area (TPSA) is 49.7 Å². The largest absolute Gasteiger partial charge is 0.394 e. The molecule has 0 bridgehead atoms. The molecule has 112 valence electrons. The van der Waals surface area contributed by atoms with Crippen molar-refractivity contribution < 1.29 is 14.9 Å². The summed E-state index contributed by atoms with van der Waals surface area (Å²) in [5.41, 5.74) is 1.08. The highest BCUT2D eigenvalue weighted by Crippen LogP contribution is 2.37. The summed E-state index contributed by atoms with van der Waals surface area (Å²) in [5, 5.41) is 24.0. The molecular formula is C19H18O3. The molecule has 1 unspecified atom stereocenters. The molecule has 1 aliphatic rings. The van der Waals surface area contributed by atoms with E-state index >= 15 is 0 Å². The van der Waals surface area contributed by atoms with Crippen molar-refractivity contribution >= 4 is 21.5 Å². The highest BCUT2D eigenvalue weighted by atomic mass is 16.5. The van der Waals surface area contributed by atoms with Gasteiger partial charge in [0.2, 0.25) is 0 Å². The van der Waals surface area contributed by atoms with Gasteiger partial charge in [-0.15, -0.1) is 0 Å². The summed E-state index contributed by atoms with van der Waals surface area (Å²) in [5.74, 6) is 0. The van der Waals surface area contributed by atoms with Crippen LogP contribution in [0.2, 0.25) is 0 Å². The average molecular weight is 294 g/mol. The molecule has 1 saturated heterocycles. The minimum Gasteiger partial charge on any atom is -0.394 e. The van der Waals surface area contributed by atoms with Gasteiger partial charge in [-0.05, 0) is 39.2 Å². The minimum absolute atomic E-state index is 0.147. The van der Waals surface area contributed by atoms with Crippen molar-refractivity contribution in [2.45, 2.75) is 24.7 Å². The molecule has 0 radical (unpaired) electrons. The Morgan fingerprint density at radius 2 is 1.68 bits per heavy atom. The van der Waals surface area contributed by atoms with Gasteiger partial charge >= 0.3 is 0 Å². The normalized spacial score (nSPS) is 25.1. The van der Waals surface area contributed by atoms with Crippen LogP contribution in [0.1, 0.15) is 18.1 Å².